The van der Waals surface area contributed by atoms with Gasteiger partial charge in [0.15, 0.2) is 0 Å². The molecule has 1 aromatic rings. The quantitative estimate of drug-likeness (QED) is 0.856. The van der Waals surface area contributed by atoms with Crippen molar-refractivity contribution in [1.82, 2.24) is 15.1 Å². The zero-order valence-corrected chi connectivity index (χ0v) is 14.4. The molecule has 24 heavy (non-hydrogen) atoms. The molecule has 0 spiro atoms. The summed E-state index contributed by atoms with van der Waals surface area (Å²) in [5.74, 6) is -0.116. The Labute approximate surface area is 142 Å². The molecule has 0 radical (unpaired) electrons. The second-order valence-electron chi connectivity index (χ2n) is 6.51. The van der Waals surface area contributed by atoms with E-state index in [2.05, 4.69) is 10.2 Å². The summed E-state index contributed by atoms with van der Waals surface area (Å²) in [6, 6.07) is 6.41. The molecule has 0 saturated carbocycles. The number of benzene rings is 1. The van der Waals surface area contributed by atoms with Crippen LogP contribution >= 0.6 is 0 Å². The summed E-state index contributed by atoms with van der Waals surface area (Å²) in [6.07, 6.45) is 1.05. The van der Waals surface area contributed by atoms with Crippen LogP contribution in [0.25, 0.3) is 0 Å². The number of piperazine rings is 1. The molecule has 0 aromatic heterocycles. The van der Waals surface area contributed by atoms with Crippen LogP contribution in [0.5, 0.6) is 0 Å². The molecule has 1 saturated heterocycles. The number of amides is 2. The van der Waals surface area contributed by atoms with Gasteiger partial charge in [-0.2, -0.15) is 0 Å². The molecular formula is C18H26FN3O2. The molecule has 132 valence electrons. The van der Waals surface area contributed by atoms with Gasteiger partial charge in [0.05, 0.1) is 6.54 Å². The summed E-state index contributed by atoms with van der Waals surface area (Å²) in [5, 5.41) is 2.88. The molecule has 0 atom stereocenters. The molecule has 1 aliphatic rings. The van der Waals surface area contributed by atoms with Crippen LogP contribution in [-0.4, -0.2) is 60.4 Å². The van der Waals surface area contributed by atoms with Crippen molar-refractivity contribution in [1.29, 1.82) is 0 Å². The summed E-state index contributed by atoms with van der Waals surface area (Å²) < 4.78 is 12.9. The third-order valence-electron chi connectivity index (χ3n) is 4.08. The van der Waals surface area contributed by atoms with E-state index in [9.17, 15) is 14.0 Å². The standard InChI is InChI=1S/C18H26FN3O2/c1-14(2)20-17(23)13-21-9-11-22(12-10-21)18(24)8-5-15-3-6-16(19)7-4-15/h3-4,6-7,14H,5,8-13H2,1-2H3,(H,20,23). The van der Waals surface area contributed by atoms with Gasteiger partial charge in [0.1, 0.15) is 5.82 Å². The molecule has 1 N–H and O–H groups in total. The van der Waals surface area contributed by atoms with E-state index >= 15 is 0 Å². The fourth-order valence-electron chi connectivity index (χ4n) is 2.79. The van der Waals surface area contributed by atoms with Gasteiger partial charge in [0.2, 0.25) is 11.8 Å². The van der Waals surface area contributed by atoms with Gasteiger partial charge in [-0.15, -0.1) is 0 Å². The van der Waals surface area contributed by atoms with Gasteiger partial charge < -0.3 is 10.2 Å². The fourth-order valence-corrected chi connectivity index (χ4v) is 2.79. The second kappa shape index (κ2) is 8.78. The highest BCUT2D eigenvalue weighted by Crippen LogP contribution is 2.09. The highest BCUT2D eigenvalue weighted by atomic mass is 19.1. The molecule has 1 heterocycles. The van der Waals surface area contributed by atoms with Crippen molar-refractivity contribution in [3.63, 3.8) is 0 Å². The molecule has 0 bridgehead atoms. The van der Waals surface area contributed by atoms with Crippen LogP contribution in [0.4, 0.5) is 4.39 Å². The first-order chi connectivity index (χ1) is 11.4. The molecular weight excluding hydrogens is 309 g/mol. The number of aryl methyl sites for hydroxylation is 1. The lowest BCUT2D eigenvalue weighted by Gasteiger charge is -2.34. The van der Waals surface area contributed by atoms with Crippen LogP contribution in [0.1, 0.15) is 25.8 Å². The van der Waals surface area contributed by atoms with E-state index in [1.165, 1.54) is 12.1 Å². The molecule has 5 nitrogen and oxygen atoms in total. The minimum absolute atomic E-state index is 0.0288. The monoisotopic (exact) mass is 335 g/mol. The van der Waals surface area contributed by atoms with E-state index < -0.39 is 0 Å². The van der Waals surface area contributed by atoms with Crippen molar-refractivity contribution >= 4 is 11.8 Å². The van der Waals surface area contributed by atoms with Crippen LogP contribution in [0.15, 0.2) is 24.3 Å². The highest BCUT2D eigenvalue weighted by Gasteiger charge is 2.22. The van der Waals surface area contributed by atoms with Crippen molar-refractivity contribution in [3.05, 3.63) is 35.6 Å². The maximum atomic E-state index is 12.9. The summed E-state index contributed by atoms with van der Waals surface area (Å²) in [6.45, 7) is 7.00. The summed E-state index contributed by atoms with van der Waals surface area (Å²) in [7, 11) is 0. The Balaban J connectivity index is 1.70. The van der Waals surface area contributed by atoms with Gasteiger partial charge in [0.25, 0.3) is 0 Å². The molecule has 6 heteroatoms. The lowest BCUT2D eigenvalue weighted by atomic mass is 10.1. The summed E-state index contributed by atoms with van der Waals surface area (Å²) in [5.41, 5.74) is 0.966. The summed E-state index contributed by atoms with van der Waals surface area (Å²) >= 11 is 0. The third kappa shape index (κ3) is 5.92. The van der Waals surface area contributed by atoms with E-state index in [0.717, 1.165) is 5.56 Å². The zero-order valence-electron chi connectivity index (χ0n) is 14.4. The van der Waals surface area contributed by atoms with E-state index in [4.69, 9.17) is 0 Å². The van der Waals surface area contributed by atoms with Crippen LogP contribution < -0.4 is 5.32 Å². The van der Waals surface area contributed by atoms with Gasteiger partial charge in [-0.3, -0.25) is 14.5 Å². The SMILES string of the molecule is CC(C)NC(=O)CN1CCN(C(=O)CCc2ccc(F)cc2)CC1. The van der Waals surface area contributed by atoms with Crippen molar-refractivity contribution in [3.8, 4) is 0 Å². The van der Waals surface area contributed by atoms with E-state index in [0.29, 0.717) is 45.6 Å². The van der Waals surface area contributed by atoms with Gasteiger partial charge in [0, 0.05) is 38.6 Å². The third-order valence-corrected chi connectivity index (χ3v) is 4.08. The van der Waals surface area contributed by atoms with Gasteiger partial charge in [-0.05, 0) is 38.0 Å². The largest absolute Gasteiger partial charge is 0.353 e. The second-order valence-corrected chi connectivity index (χ2v) is 6.51. The van der Waals surface area contributed by atoms with Crippen molar-refractivity contribution in [2.75, 3.05) is 32.7 Å². The normalized spacial score (nSPS) is 15.6. The molecule has 1 fully saturated rings. The van der Waals surface area contributed by atoms with Crippen molar-refractivity contribution in [2.45, 2.75) is 32.7 Å². The number of rotatable bonds is 6. The Morgan fingerprint density at radius 1 is 1.12 bits per heavy atom. The van der Waals surface area contributed by atoms with Crippen LogP contribution in [0, 0.1) is 5.82 Å². The molecule has 2 amide bonds. The Hall–Kier alpha value is -1.95. The van der Waals surface area contributed by atoms with E-state index in [1.807, 2.05) is 18.7 Å². The van der Waals surface area contributed by atoms with Crippen LogP contribution in [0.2, 0.25) is 0 Å². The lowest BCUT2D eigenvalue weighted by molar-refractivity contribution is -0.133. The molecule has 0 unspecified atom stereocenters. The number of hydrogen-bond donors (Lipinski definition) is 1. The van der Waals surface area contributed by atoms with Crippen molar-refractivity contribution < 1.29 is 14.0 Å². The maximum Gasteiger partial charge on any atom is 0.234 e. The minimum atomic E-state index is -0.261. The van der Waals surface area contributed by atoms with Gasteiger partial charge in [-0.1, -0.05) is 12.1 Å². The molecule has 2 rings (SSSR count). The number of nitrogens with one attached hydrogen (secondary N) is 1. The minimum Gasteiger partial charge on any atom is -0.353 e. The Morgan fingerprint density at radius 2 is 1.75 bits per heavy atom. The topological polar surface area (TPSA) is 52.7 Å². The van der Waals surface area contributed by atoms with Gasteiger partial charge in [-0.25, -0.2) is 4.39 Å². The summed E-state index contributed by atoms with van der Waals surface area (Å²) in [4.78, 5) is 27.9. The fraction of sp³-hybridized carbons (Fsp3) is 0.556. The number of nitrogens with zero attached hydrogens (tertiary/aromatic N) is 2. The van der Waals surface area contributed by atoms with Crippen LogP contribution in [-0.2, 0) is 16.0 Å². The lowest BCUT2D eigenvalue weighted by Crippen LogP contribution is -2.51. The first-order valence-electron chi connectivity index (χ1n) is 8.48. The maximum absolute atomic E-state index is 12.9. The number of carbonyl (C=O) groups is 2. The number of halogens is 1. The number of hydrogen-bond acceptors (Lipinski definition) is 3. The van der Waals surface area contributed by atoms with Crippen LogP contribution in [0.3, 0.4) is 0 Å². The average molecular weight is 335 g/mol. The Kier molecular flexibility index (Phi) is 6.73. The predicted molar refractivity (Wildman–Crippen MR) is 91.0 cm³/mol. The highest BCUT2D eigenvalue weighted by molar-refractivity contribution is 5.78. The zero-order chi connectivity index (χ0) is 17.5. The first kappa shape index (κ1) is 18.4. The average Bonchev–Trinajstić information content (AvgIpc) is 2.54. The smallest absolute Gasteiger partial charge is 0.234 e. The van der Waals surface area contributed by atoms with Gasteiger partial charge >= 0.3 is 0 Å². The Morgan fingerprint density at radius 3 is 2.33 bits per heavy atom. The first-order valence-corrected chi connectivity index (χ1v) is 8.48. The molecule has 0 aliphatic carbocycles. The molecule has 1 aromatic carbocycles. The predicted octanol–water partition coefficient (Wildman–Crippen LogP) is 1.43. The number of carbonyl (C=O) groups excluding carboxylic acids is 2. The Bertz CT molecular complexity index is 552. The van der Waals surface area contributed by atoms with E-state index in [-0.39, 0.29) is 23.7 Å². The van der Waals surface area contributed by atoms with E-state index in [1.54, 1.807) is 12.1 Å². The molecule has 1 aliphatic heterocycles. The van der Waals surface area contributed by atoms with Crippen molar-refractivity contribution in [2.24, 2.45) is 0 Å².